The molecule has 4 aromatic rings. The third-order valence-electron chi connectivity index (χ3n) is 5.77. The van der Waals surface area contributed by atoms with Gasteiger partial charge in [0.1, 0.15) is 10.6 Å². The van der Waals surface area contributed by atoms with Gasteiger partial charge in [0.05, 0.1) is 28.8 Å². The Morgan fingerprint density at radius 1 is 1.17 bits per heavy atom. The number of carbonyl (C=O) groups excluding carboxylic acids is 3. The van der Waals surface area contributed by atoms with Gasteiger partial charge in [-0.25, -0.2) is 4.98 Å². The summed E-state index contributed by atoms with van der Waals surface area (Å²) in [7, 11) is 0. The molecule has 2 aromatic heterocycles. The molecule has 35 heavy (non-hydrogen) atoms. The molecule has 0 radical (unpaired) electrons. The van der Waals surface area contributed by atoms with Gasteiger partial charge in [0.2, 0.25) is 0 Å². The van der Waals surface area contributed by atoms with Gasteiger partial charge in [-0.3, -0.25) is 23.7 Å². The molecule has 1 aliphatic heterocycles. The number of para-hydroxylation sites is 1. The first-order chi connectivity index (χ1) is 16.8. The summed E-state index contributed by atoms with van der Waals surface area (Å²) >= 11 is 1.14. The molecular weight excluding hydrogens is 468 g/mol. The lowest BCUT2D eigenvalue weighted by Crippen LogP contribution is -2.26. The fraction of sp³-hybridized carbons (Fsp3) is 0.160. The fourth-order valence-electron chi connectivity index (χ4n) is 3.88. The van der Waals surface area contributed by atoms with Gasteiger partial charge in [0.25, 0.3) is 17.4 Å². The number of aryl methyl sites for hydroxylation is 2. The maximum Gasteiger partial charge on any atom is 0.266 e. The first-order valence-corrected chi connectivity index (χ1v) is 11.6. The van der Waals surface area contributed by atoms with Gasteiger partial charge in [-0.15, -0.1) is 11.3 Å². The number of nitrogens with one attached hydrogen (secondary N) is 2. The van der Waals surface area contributed by atoms with Gasteiger partial charge in [-0.05, 0) is 49.2 Å². The molecule has 176 valence electrons. The van der Waals surface area contributed by atoms with Crippen molar-refractivity contribution < 1.29 is 19.1 Å². The van der Waals surface area contributed by atoms with Crippen LogP contribution in [0.3, 0.4) is 0 Å². The number of rotatable bonds is 5. The van der Waals surface area contributed by atoms with Crippen molar-refractivity contribution in [3.63, 3.8) is 0 Å². The summed E-state index contributed by atoms with van der Waals surface area (Å²) in [5.74, 6) is -0.476. The summed E-state index contributed by atoms with van der Waals surface area (Å²) in [6, 6.07) is 12.1. The van der Waals surface area contributed by atoms with Crippen molar-refractivity contribution in [3.05, 3.63) is 80.7 Å². The predicted octanol–water partition coefficient (Wildman–Crippen LogP) is 3.54. The Kier molecular flexibility index (Phi) is 5.65. The fourth-order valence-corrected chi connectivity index (χ4v) is 4.92. The summed E-state index contributed by atoms with van der Waals surface area (Å²) in [5.41, 5.74) is 2.46. The lowest BCUT2D eigenvalue weighted by atomic mass is 10.1. The van der Waals surface area contributed by atoms with Crippen LogP contribution < -0.4 is 20.9 Å². The number of anilines is 2. The number of thiophene rings is 1. The Bertz CT molecular complexity index is 1590. The third kappa shape index (κ3) is 4.19. The van der Waals surface area contributed by atoms with E-state index >= 15 is 0 Å². The van der Waals surface area contributed by atoms with Crippen LogP contribution in [-0.2, 0) is 11.3 Å². The van der Waals surface area contributed by atoms with Gasteiger partial charge in [0.15, 0.2) is 12.4 Å². The zero-order chi connectivity index (χ0) is 24.7. The lowest BCUT2D eigenvalue weighted by molar-refractivity contribution is -0.118. The number of Topliss-reactive ketones (excluding diaryl/α,β-unsaturated/α-hetero) is 1. The van der Waals surface area contributed by atoms with E-state index in [9.17, 15) is 19.2 Å². The van der Waals surface area contributed by atoms with Crippen molar-refractivity contribution in [2.24, 2.45) is 0 Å². The number of hydrogen-bond donors (Lipinski definition) is 2. The molecule has 2 N–H and O–H groups in total. The second-order valence-electron chi connectivity index (χ2n) is 8.15. The molecular formula is C25H20N4O5S. The van der Waals surface area contributed by atoms with Crippen molar-refractivity contribution in [1.29, 1.82) is 0 Å². The summed E-state index contributed by atoms with van der Waals surface area (Å²) < 4.78 is 6.54. The number of hydrogen-bond acceptors (Lipinski definition) is 7. The largest absolute Gasteiger partial charge is 0.482 e. The van der Waals surface area contributed by atoms with Crippen LogP contribution in [0.25, 0.3) is 10.2 Å². The van der Waals surface area contributed by atoms with Gasteiger partial charge < -0.3 is 15.4 Å². The van der Waals surface area contributed by atoms with Gasteiger partial charge in [0, 0.05) is 11.3 Å². The molecule has 0 aliphatic carbocycles. The molecule has 3 heterocycles. The molecule has 2 amide bonds. The van der Waals surface area contributed by atoms with Crippen molar-refractivity contribution in [2.75, 3.05) is 17.2 Å². The number of ether oxygens (including phenoxy) is 1. The van der Waals surface area contributed by atoms with E-state index in [1.807, 2.05) is 31.2 Å². The minimum absolute atomic E-state index is 0.0771. The number of benzene rings is 2. The van der Waals surface area contributed by atoms with E-state index in [2.05, 4.69) is 15.6 Å². The number of amides is 2. The van der Waals surface area contributed by atoms with Gasteiger partial charge in [-0.2, -0.15) is 0 Å². The highest BCUT2D eigenvalue weighted by Crippen LogP contribution is 2.30. The molecule has 9 nitrogen and oxygen atoms in total. The Balaban J connectivity index is 1.42. The van der Waals surface area contributed by atoms with Gasteiger partial charge >= 0.3 is 0 Å². The van der Waals surface area contributed by atoms with Crippen molar-refractivity contribution >= 4 is 50.5 Å². The standard InChI is InChI=1S/C25H20N4O5S/c1-13-5-3-4-6-16(13)28-23(32)22-14(2)21-24(35-22)26-12-29(25(21)33)10-18(30)15-7-8-19-17(9-15)27-20(31)11-34-19/h3-9,12H,10-11H2,1-2H3,(H,27,31)(H,28,32). The second-order valence-corrected chi connectivity index (χ2v) is 9.15. The Morgan fingerprint density at radius 2 is 1.97 bits per heavy atom. The highest BCUT2D eigenvalue weighted by Gasteiger charge is 2.22. The van der Waals surface area contributed by atoms with E-state index in [0.29, 0.717) is 43.3 Å². The molecule has 0 bridgehead atoms. The minimum Gasteiger partial charge on any atom is -0.482 e. The maximum atomic E-state index is 13.2. The topological polar surface area (TPSA) is 119 Å². The number of fused-ring (bicyclic) bond motifs is 2. The van der Waals surface area contributed by atoms with Crippen molar-refractivity contribution in [3.8, 4) is 5.75 Å². The zero-order valence-electron chi connectivity index (χ0n) is 18.9. The van der Waals surface area contributed by atoms with E-state index in [4.69, 9.17) is 4.74 Å². The Labute approximate surface area is 203 Å². The van der Waals surface area contributed by atoms with Crippen LogP contribution in [0.4, 0.5) is 11.4 Å². The number of ketones is 1. The first kappa shape index (κ1) is 22.5. The molecule has 0 saturated carbocycles. The predicted molar refractivity (Wildman–Crippen MR) is 133 cm³/mol. The molecule has 1 aliphatic rings. The third-order valence-corrected chi connectivity index (χ3v) is 6.96. The highest BCUT2D eigenvalue weighted by molar-refractivity contribution is 7.20. The molecule has 2 aromatic carbocycles. The van der Waals surface area contributed by atoms with Crippen LogP contribution in [-0.4, -0.2) is 33.8 Å². The van der Waals surface area contributed by atoms with Crippen LogP contribution in [0.1, 0.15) is 31.2 Å². The van der Waals surface area contributed by atoms with E-state index in [-0.39, 0.29) is 30.7 Å². The van der Waals surface area contributed by atoms with Crippen LogP contribution in [0.2, 0.25) is 0 Å². The molecule has 0 unspecified atom stereocenters. The monoisotopic (exact) mass is 488 g/mol. The highest BCUT2D eigenvalue weighted by atomic mass is 32.1. The number of carbonyl (C=O) groups is 3. The summed E-state index contributed by atoms with van der Waals surface area (Å²) in [6.07, 6.45) is 1.31. The van der Waals surface area contributed by atoms with Crippen molar-refractivity contribution in [2.45, 2.75) is 20.4 Å². The molecule has 0 saturated heterocycles. The van der Waals surface area contributed by atoms with E-state index in [1.165, 1.54) is 17.0 Å². The molecule has 0 spiro atoms. The minimum atomic E-state index is -0.401. The average molecular weight is 489 g/mol. The van der Waals surface area contributed by atoms with E-state index < -0.39 is 5.56 Å². The van der Waals surface area contributed by atoms with Crippen LogP contribution >= 0.6 is 11.3 Å². The van der Waals surface area contributed by atoms with E-state index in [1.54, 1.807) is 19.1 Å². The van der Waals surface area contributed by atoms with Crippen LogP contribution in [0.15, 0.2) is 53.6 Å². The Hall–Kier alpha value is -4.31. The summed E-state index contributed by atoms with van der Waals surface area (Å²) in [6.45, 7) is 3.28. The SMILES string of the molecule is Cc1ccccc1NC(=O)c1sc2ncn(CC(=O)c3ccc4c(c3)NC(=O)CO4)c(=O)c2c1C. The average Bonchev–Trinajstić information content (AvgIpc) is 3.19. The first-order valence-electron chi connectivity index (χ1n) is 10.8. The van der Waals surface area contributed by atoms with Crippen molar-refractivity contribution in [1.82, 2.24) is 9.55 Å². The molecule has 5 rings (SSSR count). The zero-order valence-corrected chi connectivity index (χ0v) is 19.7. The smallest absolute Gasteiger partial charge is 0.266 e. The van der Waals surface area contributed by atoms with Crippen LogP contribution in [0.5, 0.6) is 5.75 Å². The van der Waals surface area contributed by atoms with E-state index in [0.717, 1.165) is 16.9 Å². The molecule has 0 atom stereocenters. The number of nitrogens with zero attached hydrogens (tertiary/aromatic N) is 2. The summed E-state index contributed by atoms with van der Waals surface area (Å²) in [5, 5.41) is 5.86. The summed E-state index contributed by atoms with van der Waals surface area (Å²) in [4.78, 5) is 55.8. The second kappa shape index (κ2) is 8.80. The van der Waals surface area contributed by atoms with Gasteiger partial charge in [-0.1, -0.05) is 18.2 Å². The Morgan fingerprint density at radius 3 is 2.77 bits per heavy atom. The quantitative estimate of drug-likeness (QED) is 0.415. The normalized spacial score (nSPS) is 12.6. The number of aromatic nitrogens is 2. The molecule has 10 heteroatoms. The molecule has 0 fully saturated rings. The lowest BCUT2D eigenvalue weighted by Gasteiger charge is -2.18. The maximum absolute atomic E-state index is 13.2. The van der Waals surface area contributed by atoms with Crippen LogP contribution in [0, 0.1) is 13.8 Å².